The van der Waals surface area contributed by atoms with Crippen molar-refractivity contribution in [2.24, 2.45) is 11.1 Å². The number of hydrogen-bond donors (Lipinski definition) is 2. The average Bonchev–Trinajstić information content (AvgIpc) is 3.06. The van der Waals surface area contributed by atoms with Crippen molar-refractivity contribution >= 4 is 5.91 Å². The van der Waals surface area contributed by atoms with Crippen LogP contribution >= 0.6 is 0 Å². The molecule has 3 heteroatoms. The SMILES string of the molecule is CC(C)(CNC(=O)C1(N)CC1)Cc1ccccc1. The van der Waals surface area contributed by atoms with E-state index in [9.17, 15) is 4.79 Å². The maximum atomic E-state index is 11.8. The van der Waals surface area contributed by atoms with E-state index in [0.717, 1.165) is 19.3 Å². The van der Waals surface area contributed by atoms with Gasteiger partial charge in [0.15, 0.2) is 0 Å². The molecule has 1 aliphatic carbocycles. The van der Waals surface area contributed by atoms with Crippen molar-refractivity contribution in [3.8, 4) is 0 Å². The standard InChI is InChI=1S/C15H22N2O/c1-14(2,10-12-6-4-3-5-7-12)11-17-13(18)15(16)8-9-15/h3-7H,8-11,16H2,1-2H3,(H,17,18). The number of amides is 1. The maximum Gasteiger partial charge on any atom is 0.240 e. The summed E-state index contributed by atoms with van der Waals surface area (Å²) >= 11 is 0. The van der Waals surface area contributed by atoms with Crippen LogP contribution in [0.4, 0.5) is 0 Å². The molecule has 1 aromatic rings. The Labute approximate surface area is 109 Å². The van der Waals surface area contributed by atoms with Crippen LogP contribution in [0.2, 0.25) is 0 Å². The number of hydrogen-bond acceptors (Lipinski definition) is 2. The second kappa shape index (κ2) is 4.73. The van der Waals surface area contributed by atoms with Gasteiger partial charge in [-0.25, -0.2) is 0 Å². The summed E-state index contributed by atoms with van der Waals surface area (Å²) in [5, 5.41) is 2.98. The molecule has 2 rings (SSSR count). The van der Waals surface area contributed by atoms with E-state index in [2.05, 4.69) is 31.3 Å². The quantitative estimate of drug-likeness (QED) is 0.833. The molecule has 1 aliphatic rings. The highest BCUT2D eigenvalue weighted by Crippen LogP contribution is 2.32. The third-order valence-corrected chi connectivity index (χ3v) is 3.49. The molecule has 0 saturated heterocycles. The maximum absolute atomic E-state index is 11.8. The van der Waals surface area contributed by atoms with Gasteiger partial charge in [-0.15, -0.1) is 0 Å². The summed E-state index contributed by atoms with van der Waals surface area (Å²) in [6, 6.07) is 10.3. The van der Waals surface area contributed by atoms with Gasteiger partial charge in [0.2, 0.25) is 5.91 Å². The van der Waals surface area contributed by atoms with Crippen molar-refractivity contribution in [3.63, 3.8) is 0 Å². The van der Waals surface area contributed by atoms with Crippen LogP contribution in [0.5, 0.6) is 0 Å². The fourth-order valence-electron chi connectivity index (χ4n) is 2.07. The normalized spacial score (nSPS) is 17.3. The molecule has 1 fully saturated rings. The van der Waals surface area contributed by atoms with Gasteiger partial charge in [0, 0.05) is 6.54 Å². The van der Waals surface area contributed by atoms with E-state index in [1.54, 1.807) is 0 Å². The lowest BCUT2D eigenvalue weighted by Gasteiger charge is -2.26. The molecule has 0 unspecified atom stereocenters. The number of rotatable bonds is 5. The highest BCUT2D eigenvalue weighted by Gasteiger charge is 2.46. The summed E-state index contributed by atoms with van der Waals surface area (Å²) in [7, 11) is 0. The van der Waals surface area contributed by atoms with Crippen LogP contribution in [0.25, 0.3) is 0 Å². The smallest absolute Gasteiger partial charge is 0.240 e. The van der Waals surface area contributed by atoms with Crippen molar-refractivity contribution in [1.29, 1.82) is 0 Å². The van der Waals surface area contributed by atoms with E-state index >= 15 is 0 Å². The third kappa shape index (κ3) is 3.33. The highest BCUT2D eigenvalue weighted by atomic mass is 16.2. The fourth-order valence-corrected chi connectivity index (χ4v) is 2.07. The molecule has 3 N–H and O–H groups in total. The molecule has 3 nitrogen and oxygen atoms in total. The van der Waals surface area contributed by atoms with E-state index in [1.165, 1.54) is 5.56 Å². The first kappa shape index (κ1) is 13.1. The summed E-state index contributed by atoms with van der Waals surface area (Å²) in [6.07, 6.45) is 2.58. The molecule has 0 radical (unpaired) electrons. The zero-order valence-corrected chi connectivity index (χ0v) is 11.2. The van der Waals surface area contributed by atoms with Crippen LogP contribution in [-0.2, 0) is 11.2 Å². The molecule has 18 heavy (non-hydrogen) atoms. The zero-order chi connectivity index (χ0) is 13.2. The van der Waals surface area contributed by atoms with E-state index < -0.39 is 5.54 Å². The minimum atomic E-state index is -0.567. The average molecular weight is 246 g/mol. The fraction of sp³-hybridized carbons (Fsp3) is 0.533. The van der Waals surface area contributed by atoms with Crippen molar-refractivity contribution in [1.82, 2.24) is 5.32 Å². The molecule has 1 saturated carbocycles. The number of nitrogens with one attached hydrogen (secondary N) is 1. The van der Waals surface area contributed by atoms with Crippen LogP contribution < -0.4 is 11.1 Å². The molecule has 0 aliphatic heterocycles. The van der Waals surface area contributed by atoms with Crippen molar-refractivity contribution in [3.05, 3.63) is 35.9 Å². The molecule has 0 spiro atoms. The molecule has 0 aromatic heterocycles. The third-order valence-electron chi connectivity index (χ3n) is 3.49. The van der Waals surface area contributed by atoms with Gasteiger partial charge in [0.25, 0.3) is 0 Å². The summed E-state index contributed by atoms with van der Waals surface area (Å²) < 4.78 is 0. The monoisotopic (exact) mass is 246 g/mol. The molecule has 98 valence electrons. The lowest BCUT2D eigenvalue weighted by Crippen LogP contribution is -2.46. The number of carbonyl (C=O) groups excluding carboxylic acids is 1. The summed E-state index contributed by atoms with van der Waals surface area (Å²) in [5.74, 6) is 0.00337. The van der Waals surface area contributed by atoms with Crippen LogP contribution in [0.3, 0.4) is 0 Å². The Hall–Kier alpha value is -1.35. The predicted octanol–water partition coefficient (Wildman–Crippen LogP) is 1.86. The van der Waals surface area contributed by atoms with E-state index in [1.807, 2.05) is 18.2 Å². The van der Waals surface area contributed by atoms with Gasteiger partial charge >= 0.3 is 0 Å². The lowest BCUT2D eigenvalue weighted by molar-refractivity contribution is -0.123. The lowest BCUT2D eigenvalue weighted by atomic mass is 9.85. The van der Waals surface area contributed by atoms with E-state index in [-0.39, 0.29) is 11.3 Å². The van der Waals surface area contributed by atoms with Gasteiger partial charge in [-0.3, -0.25) is 4.79 Å². The minimum absolute atomic E-state index is 0.00337. The Bertz CT molecular complexity index is 421. The predicted molar refractivity (Wildman–Crippen MR) is 73.1 cm³/mol. The molecule has 0 heterocycles. The number of nitrogens with two attached hydrogens (primary N) is 1. The molecule has 1 amide bonds. The van der Waals surface area contributed by atoms with Crippen LogP contribution in [0.1, 0.15) is 32.3 Å². The summed E-state index contributed by atoms with van der Waals surface area (Å²) in [6.45, 7) is 4.99. The molecular weight excluding hydrogens is 224 g/mol. The number of carbonyl (C=O) groups is 1. The second-order valence-electron chi connectivity index (χ2n) is 6.17. The van der Waals surface area contributed by atoms with Gasteiger partial charge in [0.1, 0.15) is 0 Å². The Kier molecular flexibility index (Phi) is 3.44. The Morgan fingerprint density at radius 1 is 1.33 bits per heavy atom. The Morgan fingerprint density at radius 3 is 2.50 bits per heavy atom. The first-order valence-corrected chi connectivity index (χ1v) is 6.52. The first-order valence-electron chi connectivity index (χ1n) is 6.52. The van der Waals surface area contributed by atoms with Crippen LogP contribution in [0.15, 0.2) is 30.3 Å². The van der Waals surface area contributed by atoms with Crippen molar-refractivity contribution in [2.75, 3.05) is 6.54 Å². The van der Waals surface area contributed by atoms with Gasteiger partial charge in [-0.05, 0) is 30.2 Å². The first-order chi connectivity index (χ1) is 8.41. The Morgan fingerprint density at radius 2 is 1.94 bits per heavy atom. The zero-order valence-electron chi connectivity index (χ0n) is 11.2. The molecule has 1 aromatic carbocycles. The number of benzene rings is 1. The van der Waals surface area contributed by atoms with Crippen molar-refractivity contribution < 1.29 is 4.79 Å². The van der Waals surface area contributed by atoms with Crippen molar-refractivity contribution in [2.45, 2.75) is 38.6 Å². The summed E-state index contributed by atoms with van der Waals surface area (Å²) in [4.78, 5) is 11.8. The molecule has 0 atom stereocenters. The minimum Gasteiger partial charge on any atom is -0.354 e. The van der Waals surface area contributed by atoms with Crippen LogP contribution in [-0.4, -0.2) is 18.0 Å². The Balaban J connectivity index is 1.85. The van der Waals surface area contributed by atoms with E-state index in [0.29, 0.717) is 6.54 Å². The largest absolute Gasteiger partial charge is 0.354 e. The highest BCUT2D eigenvalue weighted by molar-refractivity contribution is 5.88. The summed E-state index contributed by atoms with van der Waals surface area (Å²) in [5.41, 5.74) is 6.63. The van der Waals surface area contributed by atoms with Gasteiger partial charge in [-0.1, -0.05) is 44.2 Å². The van der Waals surface area contributed by atoms with E-state index in [4.69, 9.17) is 5.73 Å². The van der Waals surface area contributed by atoms with Gasteiger partial charge in [0.05, 0.1) is 5.54 Å². The van der Waals surface area contributed by atoms with Gasteiger partial charge < -0.3 is 11.1 Å². The second-order valence-corrected chi connectivity index (χ2v) is 6.17. The molecular formula is C15H22N2O. The van der Waals surface area contributed by atoms with Gasteiger partial charge in [-0.2, -0.15) is 0 Å². The van der Waals surface area contributed by atoms with Crippen LogP contribution in [0, 0.1) is 5.41 Å². The topological polar surface area (TPSA) is 55.1 Å². The molecule has 0 bridgehead atoms.